The van der Waals surface area contributed by atoms with Gasteiger partial charge in [-0.25, -0.2) is 0 Å². The largest absolute Gasteiger partial charge is 0.481 e. The fraction of sp³-hybridized carbons (Fsp3) is 0.750. The van der Waals surface area contributed by atoms with Crippen LogP contribution in [-0.4, -0.2) is 55.3 Å². The summed E-state index contributed by atoms with van der Waals surface area (Å²) in [6.07, 6.45) is 7.62. The number of carboxylic acid groups (broad SMARTS) is 1. The Balaban J connectivity index is 4.09. The molecule has 0 saturated heterocycles. The van der Waals surface area contributed by atoms with Crippen molar-refractivity contribution in [2.75, 3.05) is 27.7 Å². The van der Waals surface area contributed by atoms with Crippen LogP contribution in [0.2, 0.25) is 0 Å². The lowest BCUT2D eigenvalue weighted by molar-refractivity contribution is -0.873. The van der Waals surface area contributed by atoms with Crippen LogP contribution in [0.5, 0.6) is 0 Å². The van der Waals surface area contributed by atoms with Gasteiger partial charge in [0.05, 0.1) is 27.6 Å². The predicted octanol–water partition coefficient (Wildman–Crippen LogP) is 2.61. The van der Waals surface area contributed by atoms with E-state index in [0.717, 1.165) is 25.7 Å². The topological polar surface area (TPSA) is 63.6 Å². The highest BCUT2D eigenvalue weighted by atomic mass is 16.5. The number of carbonyl (C=O) groups excluding carboxylic acids is 1. The number of hydrogen-bond donors (Lipinski definition) is 1. The summed E-state index contributed by atoms with van der Waals surface area (Å²) in [5.74, 6) is -1.24. The molecule has 0 spiro atoms. The second-order valence-corrected chi connectivity index (χ2v) is 6.31. The van der Waals surface area contributed by atoms with Crippen molar-refractivity contribution in [2.24, 2.45) is 0 Å². The molecule has 0 bridgehead atoms. The Morgan fingerprint density at radius 1 is 1.19 bits per heavy atom. The van der Waals surface area contributed by atoms with Gasteiger partial charge >= 0.3 is 11.9 Å². The molecule has 0 aliphatic rings. The van der Waals surface area contributed by atoms with Crippen LogP contribution < -0.4 is 0 Å². The number of esters is 1. The summed E-state index contributed by atoms with van der Waals surface area (Å²) in [6, 6.07) is 0. The minimum absolute atomic E-state index is 0.138. The molecule has 0 aromatic carbocycles. The average molecular weight is 300 g/mol. The predicted molar refractivity (Wildman–Crippen MR) is 82.9 cm³/mol. The lowest BCUT2D eigenvalue weighted by atomic mass is 10.2. The van der Waals surface area contributed by atoms with E-state index in [0.29, 0.717) is 17.4 Å². The quantitative estimate of drug-likeness (QED) is 0.276. The molecule has 0 aromatic heterocycles. The first kappa shape index (κ1) is 19.6. The standard InChI is InChI=1S/C16H29NO4/c1-5-6-7-8-9-10-11-16(20)21-14(12-15(18)19)13-17(2,3)4/h6-7,14H,5,8-13H2,1-4H3/p+1/b7-6+. The van der Waals surface area contributed by atoms with E-state index in [9.17, 15) is 9.59 Å². The summed E-state index contributed by atoms with van der Waals surface area (Å²) in [6.45, 7) is 2.58. The molecule has 0 rings (SSSR count). The number of rotatable bonds is 11. The number of quaternary nitrogens is 1. The Kier molecular flexibility index (Phi) is 9.71. The zero-order valence-corrected chi connectivity index (χ0v) is 13.8. The molecule has 0 saturated carbocycles. The van der Waals surface area contributed by atoms with Crippen molar-refractivity contribution >= 4 is 11.9 Å². The normalized spacial score (nSPS) is 13.3. The van der Waals surface area contributed by atoms with Crippen molar-refractivity contribution < 1.29 is 23.9 Å². The fourth-order valence-corrected chi connectivity index (χ4v) is 2.01. The Morgan fingerprint density at radius 3 is 2.38 bits per heavy atom. The van der Waals surface area contributed by atoms with Gasteiger partial charge in [-0.2, -0.15) is 0 Å². The molecule has 0 radical (unpaired) electrons. The molecule has 0 heterocycles. The highest BCUT2D eigenvalue weighted by Crippen LogP contribution is 2.09. The first-order valence-electron chi connectivity index (χ1n) is 7.61. The van der Waals surface area contributed by atoms with Crippen LogP contribution in [0.1, 0.15) is 45.4 Å². The van der Waals surface area contributed by atoms with Crippen molar-refractivity contribution in [1.82, 2.24) is 0 Å². The first-order chi connectivity index (χ1) is 9.74. The lowest BCUT2D eigenvalue weighted by Crippen LogP contribution is -2.43. The molecule has 5 nitrogen and oxygen atoms in total. The molecule has 0 aliphatic heterocycles. The number of unbranched alkanes of at least 4 members (excludes halogenated alkanes) is 2. The zero-order valence-electron chi connectivity index (χ0n) is 13.8. The summed E-state index contributed by atoms with van der Waals surface area (Å²) < 4.78 is 5.87. The average Bonchev–Trinajstić information content (AvgIpc) is 2.30. The summed E-state index contributed by atoms with van der Waals surface area (Å²) in [7, 11) is 5.84. The smallest absolute Gasteiger partial charge is 0.307 e. The highest BCUT2D eigenvalue weighted by Gasteiger charge is 2.24. The molecule has 1 N–H and O–H groups in total. The Hall–Kier alpha value is -1.36. The Labute approximate surface area is 128 Å². The molecule has 1 unspecified atom stereocenters. The molecule has 0 aliphatic carbocycles. The van der Waals surface area contributed by atoms with E-state index in [1.54, 1.807) is 0 Å². The molecule has 21 heavy (non-hydrogen) atoms. The SMILES string of the molecule is CC/C=C/CCCCC(=O)OC(CC(=O)O)C[N+](C)(C)C. The van der Waals surface area contributed by atoms with Crippen molar-refractivity contribution in [3.05, 3.63) is 12.2 Å². The van der Waals surface area contributed by atoms with E-state index in [1.807, 2.05) is 21.1 Å². The van der Waals surface area contributed by atoms with Crippen molar-refractivity contribution in [2.45, 2.75) is 51.6 Å². The number of ether oxygens (including phenoxy) is 1. The summed E-state index contributed by atoms with van der Waals surface area (Å²) in [4.78, 5) is 22.6. The van der Waals surface area contributed by atoms with Gasteiger partial charge in [0.25, 0.3) is 0 Å². The lowest BCUT2D eigenvalue weighted by Gasteiger charge is -2.28. The van der Waals surface area contributed by atoms with Crippen LogP contribution in [0, 0.1) is 0 Å². The molecule has 1 atom stereocenters. The molecule has 122 valence electrons. The molecule has 0 aromatic rings. The monoisotopic (exact) mass is 300 g/mol. The number of carbonyl (C=O) groups is 2. The minimum atomic E-state index is -0.939. The van der Waals surface area contributed by atoms with E-state index in [-0.39, 0.29) is 12.4 Å². The number of likely N-dealkylation sites (N-methyl/N-ethyl adjacent to an activating group) is 1. The maximum absolute atomic E-state index is 11.8. The Bertz CT molecular complexity index is 345. The van der Waals surface area contributed by atoms with E-state index in [2.05, 4.69) is 19.1 Å². The van der Waals surface area contributed by atoms with Crippen LogP contribution >= 0.6 is 0 Å². The van der Waals surface area contributed by atoms with Gasteiger partial charge in [-0.1, -0.05) is 19.1 Å². The molecular formula is C16H30NO4+. The van der Waals surface area contributed by atoms with Gasteiger partial charge in [-0.3, -0.25) is 9.59 Å². The Morgan fingerprint density at radius 2 is 1.86 bits per heavy atom. The van der Waals surface area contributed by atoms with E-state index in [4.69, 9.17) is 9.84 Å². The maximum atomic E-state index is 11.8. The highest BCUT2D eigenvalue weighted by molar-refractivity contribution is 5.71. The second kappa shape index (κ2) is 10.4. The van der Waals surface area contributed by atoms with E-state index >= 15 is 0 Å². The van der Waals surface area contributed by atoms with Gasteiger partial charge in [0, 0.05) is 6.42 Å². The summed E-state index contributed by atoms with van der Waals surface area (Å²) in [5, 5.41) is 8.88. The number of hydrogen-bond acceptors (Lipinski definition) is 3. The zero-order chi connectivity index (χ0) is 16.3. The number of nitrogens with zero attached hydrogens (tertiary/aromatic N) is 1. The summed E-state index contributed by atoms with van der Waals surface area (Å²) in [5.41, 5.74) is 0. The van der Waals surface area contributed by atoms with E-state index in [1.165, 1.54) is 0 Å². The molecular weight excluding hydrogens is 270 g/mol. The van der Waals surface area contributed by atoms with Gasteiger partial charge in [-0.15, -0.1) is 0 Å². The summed E-state index contributed by atoms with van der Waals surface area (Å²) >= 11 is 0. The van der Waals surface area contributed by atoms with Gasteiger partial charge in [-0.05, 0) is 25.7 Å². The second-order valence-electron chi connectivity index (χ2n) is 6.31. The van der Waals surface area contributed by atoms with Crippen LogP contribution in [0.4, 0.5) is 0 Å². The molecule has 0 amide bonds. The van der Waals surface area contributed by atoms with Crippen molar-refractivity contribution in [1.29, 1.82) is 0 Å². The molecule has 0 fully saturated rings. The minimum Gasteiger partial charge on any atom is -0.481 e. The third-order valence-electron chi connectivity index (χ3n) is 2.86. The number of carboxylic acids is 1. The van der Waals surface area contributed by atoms with Gasteiger partial charge in [0.2, 0.25) is 0 Å². The number of allylic oxidation sites excluding steroid dienone is 2. The van der Waals surface area contributed by atoms with Gasteiger partial charge in [0.15, 0.2) is 6.10 Å². The first-order valence-corrected chi connectivity index (χ1v) is 7.61. The van der Waals surface area contributed by atoms with Gasteiger partial charge in [0.1, 0.15) is 6.54 Å². The van der Waals surface area contributed by atoms with Gasteiger partial charge < -0.3 is 14.3 Å². The fourth-order valence-electron chi connectivity index (χ4n) is 2.01. The van der Waals surface area contributed by atoms with Crippen LogP contribution in [-0.2, 0) is 14.3 Å². The number of aliphatic carboxylic acids is 1. The van der Waals surface area contributed by atoms with Crippen LogP contribution in [0.3, 0.4) is 0 Å². The van der Waals surface area contributed by atoms with Crippen LogP contribution in [0.15, 0.2) is 12.2 Å². The maximum Gasteiger partial charge on any atom is 0.307 e. The van der Waals surface area contributed by atoms with Crippen molar-refractivity contribution in [3.8, 4) is 0 Å². The molecule has 5 heteroatoms. The third kappa shape index (κ3) is 13.4. The van der Waals surface area contributed by atoms with E-state index < -0.39 is 12.1 Å². The third-order valence-corrected chi connectivity index (χ3v) is 2.86. The van der Waals surface area contributed by atoms with Crippen LogP contribution in [0.25, 0.3) is 0 Å². The van der Waals surface area contributed by atoms with Crippen molar-refractivity contribution in [3.63, 3.8) is 0 Å².